The summed E-state index contributed by atoms with van der Waals surface area (Å²) in [5.74, 6) is 1.49. The Labute approximate surface area is 225 Å². The average molecular weight is 530 g/mol. The molecule has 8 heteroatoms. The summed E-state index contributed by atoms with van der Waals surface area (Å²) in [6.45, 7) is 6.36. The number of rotatable bonds is 9. The maximum Gasteiger partial charge on any atom is 0.243 e. The van der Waals surface area contributed by atoms with Gasteiger partial charge in [0.1, 0.15) is 11.6 Å². The Morgan fingerprint density at radius 1 is 0.868 bits per heavy atom. The van der Waals surface area contributed by atoms with Crippen molar-refractivity contribution in [3.05, 3.63) is 90.3 Å². The van der Waals surface area contributed by atoms with Crippen molar-refractivity contribution < 1.29 is 8.42 Å². The minimum atomic E-state index is -3.52. The van der Waals surface area contributed by atoms with Gasteiger partial charge >= 0.3 is 0 Å². The van der Waals surface area contributed by atoms with E-state index in [1.165, 1.54) is 5.56 Å². The van der Waals surface area contributed by atoms with Gasteiger partial charge in [0.25, 0.3) is 0 Å². The minimum absolute atomic E-state index is 0.0568. The number of aryl methyl sites for hydroxylation is 1. The van der Waals surface area contributed by atoms with E-state index in [1.807, 2.05) is 66.7 Å². The highest BCUT2D eigenvalue weighted by Crippen LogP contribution is 2.28. The standard InChI is InChI=1S/C30H35N5O2S/c1-3-4-10-24-15-17-26(18-16-24)38(36,37)35-21-19-34(20-22-35)23(2)29-32-28-14-9-8-13-27(28)30(33-29)31-25-11-6-5-7-12-25/h5-9,11-18,23H,3-4,10,19-22H2,1-2H3,(H,31,32,33). The molecule has 0 aliphatic carbocycles. The Bertz CT molecular complexity index is 1470. The average Bonchev–Trinajstić information content (AvgIpc) is 2.96. The highest BCUT2D eigenvalue weighted by Gasteiger charge is 2.31. The Kier molecular flexibility index (Phi) is 8.02. The number of unbranched alkanes of at least 4 members (excludes halogenated alkanes) is 1. The van der Waals surface area contributed by atoms with Gasteiger partial charge in [0.2, 0.25) is 10.0 Å². The Hall–Kier alpha value is -3.33. The number of hydrogen-bond donors (Lipinski definition) is 1. The molecule has 2 heterocycles. The molecule has 0 saturated carbocycles. The number of nitrogens with one attached hydrogen (secondary N) is 1. The number of sulfonamides is 1. The molecule has 0 bridgehead atoms. The van der Waals surface area contributed by atoms with E-state index in [1.54, 1.807) is 16.4 Å². The third-order valence-corrected chi connectivity index (χ3v) is 9.14. The number of hydrogen-bond acceptors (Lipinski definition) is 6. The Balaban J connectivity index is 1.30. The van der Waals surface area contributed by atoms with Crippen LogP contribution >= 0.6 is 0 Å². The molecule has 1 N–H and O–H groups in total. The van der Waals surface area contributed by atoms with E-state index in [9.17, 15) is 8.42 Å². The van der Waals surface area contributed by atoms with Crippen molar-refractivity contribution in [2.45, 2.75) is 44.0 Å². The van der Waals surface area contributed by atoms with Gasteiger partial charge in [-0.2, -0.15) is 4.31 Å². The van der Waals surface area contributed by atoms with Gasteiger partial charge < -0.3 is 5.32 Å². The summed E-state index contributed by atoms with van der Waals surface area (Å²) in [5, 5.41) is 4.41. The lowest BCUT2D eigenvalue weighted by molar-refractivity contribution is 0.141. The number of benzene rings is 3. The molecular weight excluding hydrogens is 494 g/mol. The predicted octanol–water partition coefficient (Wildman–Crippen LogP) is 5.78. The zero-order chi connectivity index (χ0) is 26.5. The molecule has 38 heavy (non-hydrogen) atoms. The molecule has 1 fully saturated rings. The van der Waals surface area contributed by atoms with Crippen molar-refractivity contribution in [1.29, 1.82) is 0 Å². The van der Waals surface area contributed by atoms with Crippen LogP contribution in [0.15, 0.2) is 83.8 Å². The first-order valence-corrected chi connectivity index (χ1v) is 14.8. The van der Waals surface area contributed by atoms with E-state index < -0.39 is 10.0 Å². The van der Waals surface area contributed by atoms with Crippen LogP contribution in [0.2, 0.25) is 0 Å². The predicted molar refractivity (Wildman–Crippen MR) is 153 cm³/mol. The molecule has 0 radical (unpaired) electrons. The van der Waals surface area contributed by atoms with Gasteiger partial charge in [-0.15, -0.1) is 0 Å². The fraction of sp³-hybridized carbons (Fsp3) is 0.333. The van der Waals surface area contributed by atoms with Gasteiger partial charge in [-0.1, -0.05) is 55.8 Å². The molecule has 1 aliphatic rings. The third-order valence-electron chi connectivity index (χ3n) is 7.23. The Morgan fingerprint density at radius 3 is 2.26 bits per heavy atom. The highest BCUT2D eigenvalue weighted by atomic mass is 32.2. The second-order valence-corrected chi connectivity index (χ2v) is 11.7. The molecule has 3 aromatic carbocycles. The molecule has 7 nitrogen and oxygen atoms in total. The molecule has 1 saturated heterocycles. The van der Waals surface area contributed by atoms with Crippen LogP contribution in [0, 0.1) is 0 Å². The first-order chi connectivity index (χ1) is 18.5. The van der Waals surface area contributed by atoms with Gasteiger partial charge in [0, 0.05) is 37.3 Å². The van der Waals surface area contributed by atoms with E-state index >= 15 is 0 Å². The van der Waals surface area contributed by atoms with E-state index in [2.05, 4.69) is 24.1 Å². The summed E-state index contributed by atoms with van der Waals surface area (Å²) < 4.78 is 28.2. The number of aromatic nitrogens is 2. The molecule has 0 spiro atoms. The quantitative estimate of drug-likeness (QED) is 0.296. The maximum atomic E-state index is 13.3. The number of anilines is 2. The van der Waals surface area contributed by atoms with Crippen molar-refractivity contribution in [3.8, 4) is 0 Å². The lowest BCUT2D eigenvalue weighted by Crippen LogP contribution is -2.49. The smallest absolute Gasteiger partial charge is 0.243 e. The minimum Gasteiger partial charge on any atom is -0.340 e. The van der Waals surface area contributed by atoms with Crippen molar-refractivity contribution in [2.24, 2.45) is 0 Å². The lowest BCUT2D eigenvalue weighted by Gasteiger charge is -2.37. The molecular formula is C30H35N5O2S. The van der Waals surface area contributed by atoms with E-state index in [4.69, 9.17) is 9.97 Å². The molecule has 1 aliphatic heterocycles. The van der Waals surface area contributed by atoms with Crippen LogP contribution in [0.25, 0.3) is 10.9 Å². The third kappa shape index (κ3) is 5.72. The number of para-hydroxylation sites is 2. The zero-order valence-corrected chi connectivity index (χ0v) is 22.9. The van der Waals surface area contributed by atoms with Gasteiger partial charge in [-0.25, -0.2) is 18.4 Å². The molecule has 1 aromatic heterocycles. The fourth-order valence-corrected chi connectivity index (χ4v) is 6.31. The van der Waals surface area contributed by atoms with Crippen molar-refractivity contribution in [1.82, 2.24) is 19.2 Å². The monoisotopic (exact) mass is 529 g/mol. The first kappa shape index (κ1) is 26.3. The summed E-state index contributed by atoms with van der Waals surface area (Å²) in [4.78, 5) is 12.4. The maximum absolute atomic E-state index is 13.3. The molecule has 4 aromatic rings. The summed E-state index contributed by atoms with van der Waals surface area (Å²) in [6.07, 6.45) is 3.21. The lowest BCUT2D eigenvalue weighted by atomic mass is 10.1. The number of piperazine rings is 1. The van der Waals surface area contributed by atoms with Crippen LogP contribution in [0.1, 0.15) is 44.1 Å². The van der Waals surface area contributed by atoms with E-state index in [0.29, 0.717) is 31.1 Å². The van der Waals surface area contributed by atoms with Gasteiger partial charge in [-0.3, -0.25) is 4.90 Å². The summed E-state index contributed by atoms with van der Waals surface area (Å²) in [6, 6.07) is 25.3. The zero-order valence-electron chi connectivity index (χ0n) is 22.0. The highest BCUT2D eigenvalue weighted by molar-refractivity contribution is 7.89. The molecule has 198 valence electrons. The topological polar surface area (TPSA) is 78.4 Å². The largest absolute Gasteiger partial charge is 0.340 e. The Morgan fingerprint density at radius 2 is 1.55 bits per heavy atom. The molecule has 1 unspecified atom stereocenters. The first-order valence-electron chi connectivity index (χ1n) is 13.4. The van der Waals surface area contributed by atoms with Crippen molar-refractivity contribution in [3.63, 3.8) is 0 Å². The molecule has 5 rings (SSSR count). The van der Waals surface area contributed by atoms with Crippen LogP contribution in [0.3, 0.4) is 0 Å². The van der Waals surface area contributed by atoms with Crippen LogP contribution in [0.4, 0.5) is 11.5 Å². The molecule has 0 amide bonds. The second-order valence-electron chi connectivity index (χ2n) is 9.80. The van der Waals surface area contributed by atoms with Crippen LogP contribution in [-0.2, 0) is 16.4 Å². The van der Waals surface area contributed by atoms with Crippen molar-refractivity contribution in [2.75, 3.05) is 31.5 Å². The number of fused-ring (bicyclic) bond motifs is 1. The van der Waals surface area contributed by atoms with E-state index in [-0.39, 0.29) is 6.04 Å². The summed E-state index contributed by atoms with van der Waals surface area (Å²) in [5.41, 5.74) is 3.03. The number of nitrogens with zero attached hydrogens (tertiary/aromatic N) is 4. The normalized spacial score (nSPS) is 15.9. The summed E-state index contributed by atoms with van der Waals surface area (Å²) >= 11 is 0. The van der Waals surface area contributed by atoms with Crippen LogP contribution < -0.4 is 5.32 Å². The SMILES string of the molecule is CCCCc1ccc(S(=O)(=O)N2CCN(C(C)c3nc(Nc4ccccc4)c4ccccc4n3)CC2)cc1. The van der Waals surface area contributed by atoms with Crippen LogP contribution in [0.5, 0.6) is 0 Å². The van der Waals surface area contributed by atoms with Crippen LogP contribution in [-0.4, -0.2) is 53.8 Å². The molecule has 1 atom stereocenters. The van der Waals surface area contributed by atoms with Gasteiger partial charge in [0.15, 0.2) is 0 Å². The van der Waals surface area contributed by atoms with E-state index in [0.717, 1.165) is 47.5 Å². The van der Waals surface area contributed by atoms with Crippen molar-refractivity contribution >= 4 is 32.4 Å². The van der Waals surface area contributed by atoms with Gasteiger partial charge in [-0.05, 0) is 61.7 Å². The summed E-state index contributed by atoms with van der Waals surface area (Å²) in [7, 11) is -3.52. The second kappa shape index (κ2) is 11.6. The van der Waals surface area contributed by atoms with Gasteiger partial charge in [0.05, 0.1) is 16.5 Å². The fourth-order valence-electron chi connectivity index (χ4n) is 4.89.